The fourth-order valence-corrected chi connectivity index (χ4v) is 3.98. The molecule has 28 heavy (non-hydrogen) atoms. The molecule has 3 aromatic rings. The van der Waals surface area contributed by atoms with Crippen molar-refractivity contribution in [1.82, 2.24) is 14.8 Å². The minimum absolute atomic E-state index is 0.0590. The molecule has 5 nitrogen and oxygen atoms in total. The number of aromatic nitrogens is 3. The van der Waals surface area contributed by atoms with Crippen molar-refractivity contribution in [3.05, 3.63) is 57.3 Å². The van der Waals surface area contributed by atoms with Crippen molar-refractivity contribution in [2.45, 2.75) is 17.3 Å². The highest BCUT2D eigenvalue weighted by molar-refractivity contribution is 8.00. The predicted molar refractivity (Wildman–Crippen MR) is 109 cm³/mol. The third kappa shape index (κ3) is 4.27. The Bertz CT molecular complexity index is 1040. The number of ether oxygens (including phenoxy) is 1. The van der Waals surface area contributed by atoms with Crippen LogP contribution < -0.4 is 0 Å². The maximum absolute atomic E-state index is 13.7. The van der Waals surface area contributed by atoms with Crippen LogP contribution in [0.3, 0.4) is 0 Å². The van der Waals surface area contributed by atoms with Gasteiger partial charge < -0.3 is 4.74 Å². The van der Waals surface area contributed by atoms with Gasteiger partial charge in [0, 0.05) is 10.6 Å². The van der Waals surface area contributed by atoms with Crippen LogP contribution in [0.1, 0.15) is 6.92 Å². The van der Waals surface area contributed by atoms with E-state index in [0.717, 1.165) is 11.8 Å². The summed E-state index contributed by atoms with van der Waals surface area (Å²) in [5, 5.41) is 9.03. The largest absolute Gasteiger partial charge is 0.468 e. The van der Waals surface area contributed by atoms with Crippen molar-refractivity contribution >= 4 is 52.5 Å². The third-order valence-electron chi connectivity index (χ3n) is 3.78. The smallest absolute Gasteiger partial charge is 0.318 e. The van der Waals surface area contributed by atoms with Crippen LogP contribution in [0.25, 0.3) is 17.1 Å². The summed E-state index contributed by atoms with van der Waals surface area (Å²) < 4.78 is 20.1. The van der Waals surface area contributed by atoms with Gasteiger partial charge in [-0.05, 0) is 43.3 Å². The first kappa shape index (κ1) is 20.9. The van der Waals surface area contributed by atoms with E-state index in [1.54, 1.807) is 29.7 Å². The summed E-state index contributed by atoms with van der Waals surface area (Å²) in [6.45, 7) is 1.68. The molecule has 0 amide bonds. The van der Waals surface area contributed by atoms with Crippen LogP contribution in [0, 0.1) is 5.82 Å². The summed E-state index contributed by atoms with van der Waals surface area (Å²) in [6.07, 6.45) is 0. The van der Waals surface area contributed by atoms with Crippen LogP contribution in [0.4, 0.5) is 4.39 Å². The number of carbonyl (C=O) groups excluding carboxylic acids is 1. The Labute approximate surface area is 179 Å². The number of hydrogen-bond donors (Lipinski definition) is 0. The number of methoxy groups -OCH3 is 1. The molecule has 2 aromatic carbocycles. The molecule has 1 atom stereocenters. The summed E-state index contributed by atoms with van der Waals surface area (Å²) in [5.41, 5.74) is 1.08. The van der Waals surface area contributed by atoms with Gasteiger partial charge in [-0.1, -0.05) is 46.6 Å². The quantitative estimate of drug-likeness (QED) is 0.362. The number of carbonyl (C=O) groups is 1. The van der Waals surface area contributed by atoms with Gasteiger partial charge in [-0.3, -0.25) is 9.36 Å². The van der Waals surface area contributed by atoms with E-state index in [2.05, 4.69) is 10.2 Å². The second kappa shape index (κ2) is 8.69. The second-order valence-corrected chi connectivity index (χ2v) is 8.21. The van der Waals surface area contributed by atoms with Crippen LogP contribution in [0.2, 0.25) is 15.1 Å². The van der Waals surface area contributed by atoms with E-state index in [-0.39, 0.29) is 5.02 Å². The van der Waals surface area contributed by atoms with E-state index < -0.39 is 17.0 Å². The molecule has 0 aliphatic rings. The molecule has 10 heteroatoms. The summed E-state index contributed by atoms with van der Waals surface area (Å²) in [4.78, 5) is 11.8. The molecule has 0 radical (unpaired) electrons. The number of hydrogen-bond acceptors (Lipinski definition) is 5. The van der Waals surface area contributed by atoms with E-state index in [1.807, 2.05) is 0 Å². The van der Waals surface area contributed by atoms with Crippen LogP contribution in [-0.2, 0) is 9.53 Å². The molecule has 0 spiro atoms. The zero-order valence-electron chi connectivity index (χ0n) is 14.6. The van der Waals surface area contributed by atoms with Crippen LogP contribution in [-0.4, -0.2) is 33.1 Å². The Morgan fingerprint density at radius 2 is 1.89 bits per heavy atom. The highest BCUT2D eigenvalue weighted by Gasteiger charge is 2.23. The second-order valence-electron chi connectivity index (χ2n) is 5.65. The third-order valence-corrected chi connectivity index (χ3v) is 5.64. The number of rotatable bonds is 5. The molecule has 0 N–H and O–H groups in total. The summed E-state index contributed by atoms with van der Waals surface area (Å²) in [5.74, 6) is -0.576. The van der Waals surface area contributed by atoms with Crippen molar-refractivity contribution in [3.63, 3.8) is 0 Å². The zero-order chi connectivity index (χ0) is 20.4. The lowest BCUT2D eigenvalue weighted by Gasteiger charge is -2.13. The fourth-order valence-electron chi connectivity index (χ4n) is 2.42. The van der Waals surface area contributed by atoms with Gasteiger partial charge in [0.15, 0.2) is 11.0 Å². The first-order valence-corrected chi connectivity index (χ1v) is 9.94. The lowest BCUT2D eigenvalue weighted by atomic mass is 10.2. The Hall–Kier alpha value is -1.80. The zero-order valence-corrected chi connectivity index (χ0v) is 17.7. The molecule has 0 saturated heterocycles. The van der Waals surface area contributed by atoms with Gasteiger partial charge in [0.1, 0.15) is 11.1 Å². The van der Waals surface area contributed by atoms with Crippen LogP contribution in [0.5, 0.6) is 0 Å². The number of esters is 1. The van der Waals surface area contributed by atoms with Crippen molar-refractivity contribution in [3.8, 4) is 17.1 Å². The highest BCUT2D eigenvalue weighted by atomic mass is 35.5. The topological polar surface area (TPSA) is 57.0 Å². The minimum Gasteiger partial charge on any atom is -0.468 e. The molecular weight excluding hydrogens is 448 g/mol. The van der Waals surface area contributed by atoms with Gasteiger partial charge in [0.2, 0.25) is 0 Å². The van der Waals surface area contributed by atoms with Crippen molar-refractivity contribution in [2.24, 2.45) is 0 Å². The molecule has 1 heterocycles. The van der Waals surface area contributed by atoms with Gasteiger partial charge in [-0.2, -0.15) is 0 Å². The average molecular weight is 461 g/mol. The number of halogens is 4. The Balaban J connectivity index is 2.17. The Kier molecular flexibility index (Phi) is 6.50. The molecule has 0 aliphatic heterocycles. The van der Waals surface area contributed by atoms with Gasteiger partial charge in [-0.15, -0.1) is 10.2 Å². The first-order valence-electron chi connectivity index (χ1n) is 7.92. The standard InChI is InChI=1S/C18H13Cl3FN3O2S/c1-9(17(26)27-2)28-18-24-23-16(12-5-3-10(19)7-13(12)20)25(18)11-4-6-15(22)14(21)8-11/h3-9H,1-2H3/t9-/m1/s1. The molecule has 1 aromatic heterocycles. The maximum Gasteiger partial charge on any atom is 0.318 e. The van der Waals surface area contributed by atoms with E-state index in [9.17, 15) is 9.18 Å². The van der Waals surface area contributed by atoms with Gasteiger partial charge in [0.25, 0.3) is 0 Å². The van der Waals surface area contributed by atoms with E-state index in [0.29, 0.717) is 32.3 Å². The molecule has 0 fully saturated rings. The maximum atomic E-state index is 13.7. The molecule has 0 bridgehead atoms. The first-order chi connectivity index (χ1) is 13.3. The van der Waals surface area contributed by atoms with Gasteiger partial charge in [-0.25, -0.2) is 4.39 Å². The molecule has 3 rings (SSSR count). The highest BCUT2D eigenvalue weighted by Crippen LogP contribution is 2.35. The van der Waals surface area contributed by atoms with Crippen LogP contribution in [0.15, 0.2) is 41.6 Å². The monoisotopic (exact) mass is 459 g/mol. The van der Waals surface area contributed by atoms with Crippen molar-refractivity contribution < 1.29 is 13.9 Å². The number of nitrogens with zero attached hydrogens (tertiary/aromatic N) is 3. The predicted octanol–water partition coefficient (Wildman–Crippen LogP) is 5.69. The van der Waals surface area contributed by atoms with E-state index >= 15 is 0 Å². The SMILES string of the molecule is COC(=O)[C@@H](C)Sc1nnc(-c2ccc(Cl)cc2Cl)n1-c1ccc(F)c(Cl)c1. The molecule has 0 saturated carbocycles. The number of benzene rings is 2. The molecular formula is C18H13Cl3FN3O2S. The summed E-state index contributed by atoms with van der Waals surface area (Å²) in [6, 6.07) is 9.17. The molecule has 0 aliphatic carbocycles. The minimum atomic E-state index is -0.554. The summed E-state index contributed by atoms with van der Waals surface area (Å²) >= 11 is 19.4. The fraction of sp³-hybridized carbons (Fsp3) is 0.167. The normalized spacial score (nSPS) is 12.1. The van der Waals surface area contributed by atoms with Crippen LogP contribution >= 0.6 is 46.6 Å². The van der Waals surface area contributed by atoms with E-state index in [4.69, 9.17) is 39.5 Å². The molecule has 146 valence electrons. The lowest BCUT2D eigenvalue weighted by Crippen LogP contribution is -2.15. The van der Waals surface area contributed by atoms with Crippen molar-refractivity contribution in [1.29, 1.82) is 0 Å². The van der Waals surface area contributed by atoms with Crippen molar-refractivity contribution in [2.75, 3.05) is 7.11 Å². The average Bonchev–Trinajstić information content (AvgIpc) is 3.06. The van der Waals surface area contributed by atoms with E-state index in [1.165, 1.54) is 25.3 Å². The number of thioether (sulfide) groups is 1. The Morgan fingerprint density at radius 3 is 2.54 bits per heavy atom. The van der Waals surface area contributed by atoms with Gasteiger partial charge >= 0.3 is 5.97 Å². The summed E-state index contributed by atoms with van der Waals surface area (Å²) in [7, 11) is 1.31. The van der Waals surface area contributed by atoms with Gasteiger partial charge in [0.05, 0.1) is 22.8 Å². The Morgan fingerprint density at radius 1 is 1.14 bits per heavy atom. The molecule has 0 unspecified atom stereocenters. The lowest BCUT2D eigenvalue weighted by molar-refractivity contribution is -0.139.